The lowest BCUT2D eigenvalue weighted by Gasteiger charge is -2.14. The standard InChI is InChI=1S/C22H28BrNO3/c1-4-5-12-26-19-8-6-7-18(15-19)24-22(25)20-14-17(23)9-10-21(20)27-13-11-16(2)3/h6-10,14-16H,4-5,11-13H2,1-3H3,(H,24,25). The highest BCUT2D eigenvalue weighted by Gasteiger charge is 2.14. The second-order valence-electron chi connectivity index (χ2n) is 6.86. The molecule has 2 rings (SSSR count). The van der Waals surface area contributed by atoms with E-state index in [1.807, 2.05) is 36.4 Å². The molecule has 0 heterocycles. The Hall–Kier alpha value is -2.01. The number of rotatable bonds is 10. The first-order valence-corrected chi connectivity index (χ1v) is 10.3. The summed E-state index contributed by atoms with van der Waals surface area (Å²) < 4.78 is 12.4. The first-order chi connectivity index (χ1) is 13.0. The summed E-state index contributed by atoms with van der Waals surface area (Å²) in [5, 5.41) is 2.94. The van der Waals surface area contributed by atoms with E-state index in [4.69, 9.17) is 9.47 Å². The Morgan fingerprint density at radius 2 is 1.93 bits per heavy atom. The zero-order valence-corrected chi connectivity index (χ0v) is 17.8. The minimum absolute atomic E-state index is 0.207. The molecule has 0 aromatic heterocycles. The minimum Gasteiger partial charge on any atom is -0.494 e. The number of amides is 1. The van der Waals surface area contributed by atoms with Crippen LogP contribution in [0.3, 0.4) is 0 Å². The Balaban J connectivity index is 2.08. The molecular formula is C22H28BrNO3. The van der Waals surface area contributed by atoms with Crippen LogP contribution in [0.2, 0.25) is 0 Å². The van der Waals surface area contributed by atoms with Crippen molar-refractivity contribution in [1.29, 1.82) is 0 Å². The predicted octanol–water partition coefficient (Wildman–Crippen LogP) is 6.31. The Bertz CT molecular complexity index is 746. The van der Waals surface area contributed by atoms with Gasteiger partial charge in [0.1, 0.15) is 11.5 Å². The molecule has 2 aromatic carbocycles. The fourth-order valence-electron chi connectivity index (χ4n) is 2.41. The van der Waals surface area contributed by atoms with Gasteiger partial charge in [0.25, 0.3) is 5.91 Å². The Morgan fingerprint density at radius 1 is 1.11 bits per heavy atom. The van der Waals surface area contributed by atoms with E-state index in [1.165, 1.54) is 0 Å². The fourth-order valence-corrected chi connectivity index (χ4v) is 2.77. The molecule has 5 heteroatoms. The maximum absolute atomic E-state index is 12.8. The van der Waals surface area contributed by atoms with Crippen LogP contribution in [0.4, 0.5) is 5.69 Å². The second kappa shape index (κ2) is 11.0. The van der Waals surface area contributed by atoms with Gasteiger partial charge >= 0.3 is 0 Å². The highest BCUT2D eigenvalue weighted by molar-refractivity contribution is 9.10. The highest BCUT2D eigenvalue weighted by Crippen LogP contribution is 2.26. The van der Waals surface area contributed by atoms with E-state index < -0.39 is 0 Å². The van der Waals surface area contributed by atoms with E-state index in [0.29, 0.717) is 36.1 Å². The number of halogens is 1. The van der Waals surface area contributed by atoms with Gasteiger partial charge in [0.05, 0.1) is 18.8 Å². The molecule has 1 N–H and O–H groups in total. The third-order valence-corrected chi connectivity index (χ3v) is 4.49. The maximum Gasteiger partial charge on any atom is 0.259 e. The minimum atomic E-state index is -0.207. The average Bonchev–Trinajstić information content (AvgIpc) is 2.63. The van der Waals surface area contributed by atoms with Crippen LogP contribution in [0.5, 0.6) is 11.5 Å². The maximum atomic E-state index is 12.8. The molecule has 0 spiro atoms. The van der Waals surface area contributed by atoms with E-state index in [9.17, 15) is 4.79 Å². The van der Waals surface area contributed by atoms with E-state index in [2.05, 4.69) is 42.0 Å². The smallest absolute Gasteiger partial charge is 0.259 e. The Labute approximate surface area is 170 Å². The molecular weight excluding hydrogens is 406 g/mol. The molecule has 0 fully saturated rings. The lowest BCUT2D eigenvalue weighted by molar-refractivity contribution is 0.102. The van der Waals surface area contributed by atoms with Crippen molar-refractivity contribution in [3.8, 4) is 11.5 Å². The molecule has 0 unspecified atom stereocenters. The lowest BCUT2D eigenvalue weighted by atomic mass is 10.1. The summed E-state index contributed by atoms with van der Waals surface area (Å²) in [6, 6.07) is 12.9. The van der Waals surface area contributed by atoms with Crippen LogP contribution in [0.15, 0.2) is 46.9 Å². The van der Waals surface area contributed by atoms with Gasteiger partial charge in [-0.25, -0.2) is 0 Å². The number of hydrogen-bond acceptors (Lipinski definition) is 3. The Morgan fingerprint density at radius 3 is 2.67 bits per heavy atom. The first kappa shape index (κ1) is 21.3. The molecule has 0 saturated heterocycles. The van der Waals surface area contributed by atoms with Crippen molar-refractivity contribution in [2.24, 2.45) is 5.92 Å². The van der Waals surface area contributed by atoms with Crippen molar-refractivity contribution < 1.29 is 14.3 Å². The van der Waals surface area contributed by atoms with Gasteiger partial charge in [-0.15, -0.1) is 0 Å². The molecule has 0 radical (unpaired) electrons. The van der Waals surface area contributed by atoms with Gasteiger partial charge in [-0.2, -0.15) is 0 Å². The average molecular weight is 434 g/mol. The topological polar surface area (TPSA) is 47.6 Å². The fraction of sp³-hybridized carbons (Fsp3) is 0.409. The number of ether oxygens (including phenoxy) is 2. The SMILES string of the molecule is CCCCOc1cccc(NC(=O)c2cc(Br)ccc2OCCC(C)C)c1. The monoisotopic (exact) mass is 433 g/mol. The van der Waals surface area contributed by atoms with Crippen molar-refractivity contribution >= 4 is 27.5 Å². The zero-order chi connectivity index (χ0) is 19.6. The van der Waals surface area contributed by atoms with Crippen LogP contribution in [0.25, 0.3) is 0 Å². The molecule has 0 aliphatic heterocycles. The molecule has 0 bridgehead atoms. The van der Waals surface area contributed by atoms with Crippen molar-refractivity contribution in [3.05, 3.63) is 52.5 Å². The van der Waals surface area contributed by atoms with Gasteiger partial charge < -0.3 is 14.8 Å². The van der Waals surface area contributed by atoms with Crippen LogP contribution >= 0.6 is 15.9 Å². The number of carbonyl (C=O) groups is 1. The molecule has 0 atom stereocenters. The number of anilines is 1. The predicted molar refractivity (Wildman–Crippen MR) is 114 cm³/mol. The molecule has 27 heavy (non-hydrogen) atoms. The summed E-state index contributed by atoms with van der Waals surface area (Å²) in [5.74, 6) is 1.69. The van der Waals surface area contributed by atoms with Crippen LogP contribution in [0.1, 0.15) is 50.4 Å². The third-order valence-electron chi connectivity index (χ3n) is 4.00. The summed E-state index contributed by atoms with van der Waals surface area (Å²) in [6.07, 6.45) is 3.03. The van der Waals surface area contributed by atoms with E-state index in [0.717, 1.165) is 29.5 Å². The van der Waals surface area contributed by atoms with Crippen molar-refractivity contribution in [2.75, 3.05) is 18.5 Å². The van der Waals surface area contributed by atoms with Gasteiger partial charge in [0.2, 0.25) is 0 Å². The van der Waals surface area contributed by atoms with Crippen LogP contribution in [-0.2, 0) is 0 Å². The number of hydrogen-bond donors (Lipinski definition) is 1. The first-order valence-electron chi connectivity index (χ1n) is 9.46. The normalized spacial score (nSPS) is 10.7. The lowest BCUT2D eigenvalue weighted by Crippen LogP contribution is -2.14. The Kier molecular flexibility index (Phi) is 8.65. The third kappa shape index (κ3) is 7.25. The summed E-state index contributed by atoms with van der Waals surface area (Å²) in [5.41, 5.74) is 1.20. The summed E-state index contributed by atoms with van der Waals surface area (Å²) in [4.78, 5) is 12.8. The summed E-state index contributed by atoms with van der Waals surface area (Å²) in [7, 11) is 0. The molecule has 0 aliphatic carbocycles. The van der Waals surface area contributed by atoms with E-state index >= 15 is 0 Å². The molecule has 1 amide bonds. The molecule has 2 aromatic rings. The number of unbranched alkanes of at least 4 members (excludes halogenated alkanes) is 1. The zero-order valence-electron chi connectivity index (χ0n) is 16.3. The van der Waals surface area contributed by atoms with Gasteiger partial charge in [0, 0.05) is 16.2 Å². The van der Waals surface area contributed by atoms with Gasteiger partial charge in [0.15, 0.2) is 0 Å². The second-order valence-corrected chi connectivity index (χ2v) is 7.77. The van der Waals surface area contributed by atoms with Gasteiger partial charge in [-0.05, 0) is 49.1 Å². The van der Waals surface area contributed by atoms with Crippen molar-refractivity contribution in [3.63, 3.8) is 0 Å². The highest BCUT2D eigenvalue weighted by atomic mass is 79.9. The molecule has 4 nitrogen and oxygen atoms in total. The number of benzene rings is 2. The largest absolute Gasteiger partial charge is 0.494 e. The van der Waals surface area contributed by atoms with Crippen molar-refractivity contribution in [1.82, 2.24) is 0 Å². The quantitative estimate of drug-likeness (QED) is 0.446. The number of nitrogens with one attached hydrogen (secondary N) is 1. The van der Waals surface area contributed by atoms with Crippen LogP contribution in [0, 0.1) is 5.92 Å². The van der Waals surface area contributed by atoms with Crippen LogP contribution < -0.4 is 14.8 Å². The van der Waals surface area contributed by atoms with Gasteiger partial charge in [-0.1, -0.05) is 49.2 Å². The molecule has 146 valence electrons. The van der Waals surface area contributed by atoms with Crippen molar-refractivity contribution in [2.45, 2.75) is 40.0 Å². The van der Waals surface area contributed by atoms with Crippen LogP contribution in [-0.4, -0.2) is 19.1 Å². The molecule has 0 aliphatic rings. The summed E-state index contributed by atoms with van der Waals surface area (Å²) in [6.45, 7) is 7.68. The van der Waals surface area contributed by atoms with E-state index in [-0.39, 0.29) is 5.91 Å². The molecule has 0 saturated carbocycles. The van der Waals surface area contributed by atoms with E-state index in [1.54, 1.807) is 6.07 Å². The summed E-state index contributed by atoms with van der Waals surface area (Å²) >= 11 is 3.43. The number of carbonyl (C=O) groups excluding carboxylic acids is 1. The van der Waals surface area contributed by atoms with Gasteiger partial charge in [-0.3, -0.25) is 4.79 Å².